The zero-order valence-electron chi connectivity index (χ0n) is 8.74. The lowest BCUT2D eigenvalue weighted by molar-refractivity contribution is 0.453. The van der Waals surface area contributed by atoms with Gasteiger partial charge in [-0.2, -0.15) is 0 Å². The number of phenols is 1. The van der Waals surface area contributed by atoms with Gasteiger partial charge in [0, 0.05) is 11.6 Å². The third-order valence-electron chi connectivity index (χ3n) is 2.26. The van der Waals surface area contributed by atoms with Crippen LogP contribution < -0.4 is 5.73 Å². The van der Waals surface area contributed by atoms with Crippen molar-refractivity contribution in [1.29, 1.82) is 0 Å². The molecule has 3 N–H and O–H groups in total. The van der Waals surface area contributed by atoms with Crippen LogP contribution in [-0.4, -0.2) is 5.11 Å². The van der Waals surface area contributed by atoms with E-state index in [9.17, 15) is 9.50 Å². The van der Waals surface area contributed by atoms with Crippen molar-refractivity contribution in [3.05, 3.63) is 29.6 Å². The highest BCUT2D eigenvalue weighted by molar-refractivity contribution is 5.85. The van der Waals surface area contributed by atoms with Gasteiger partial charge in [-0.15, -0.1) is 12.4 Å². The van der Waals surface area contributed by atoms with E-state index >= 15 is 0 Å². The molecule has 0 bridgehead atoms. The van der Waals surface area contributed by atoms with Gasteiger partial charge in [0.1, 0.15) is 11.6 Å². The Hall–Kier alpha value is -0.800. The highest BCUT2D eigenvalue weighted by Crippen LogP contribution is 2.26. The minimum atomic E-state index is -0.357. The SMILES string of the molecule is CCCC[C@H](N)c1cc(F)ccc1O.Cl. The summed E-state index contributed by atoms with van der Waals surface area (Å²) in [5.41, 5.74) is 6.32. The van der Waals surface area contributed by atoms with Crippen molar-refractivity contribution in [2.45, 2.75) is 32.2 Å². The highest BCUT2D eigenvalue weighted by atomic mass is 35.5. The van der Waals surface area contributed by atoms with Crippen molar-refractivity contribution in [2.24, 2.45) is 5.73 Å². The molecule has 2 nitrogen and oxygen atoms in total. The molecule has 1 rings (SSSR count). The molecule has 1 aromatic rings. The average molecular weight is 234 g/mol. The van der Waals surface area contributed by atoms with Gasteiger partial charge >= 0.3 is 0 Å². The van der Waals surface area contributed by atoms with Gasteiger partial charge in [-0.3, -0.25) is 0 Å². The third-order valence-corrected chi connectivity index (χ3v) is 2.26. The monoisotopic (exact) mass is 233 g/mol. The molecule has 0 unspecified atom stereocenters. The minimum absolute atomic E-state index is 0. The van der Waals surface area contributed by atoms with Crippen molar-refractivity contribution >= 4 is 12.4 Å². The summed E-state index contributed by atoms with van der Waals surface area (Å²) >= 11 is 0. The zero-order chi connectivity index (χ0) is 10.6. The Morgan fingerprint density at radius 3 is 2.73 bits per heavy atom. The van der Waals surface area contributed by atoms with Crippen molar-refractivity contribution in [3.63, 3.8) is 0 Å². The lowest BCUT2D eigenvalue weighted by Crippen LogP contribution is -2.10. The Morgan fingerprint density at radius 1 is 1.47 bits per heavy atom. The Labute approximate surface area is 95.7 Å². The van der Waals surface area contributed by atoms with E-state index in [2.05, 4.69) is 6.92 Å². The van der Waals surface area contributed by atoms with Gasteiger partial charge < -0.3 is 10.8 Å². The number of benzene rings is 1. The molecule has 1 atom stereocenters. The summed E-state index contributed by atoms with van der Waals surface area (Å²) in [5, 5.41) is 9.46. The lowest BCUT2D eigenvalue weighted by atomic mass is 10.0. The molecule has 0 aliphatic carbocycles. The first kappa shape index (κ1) is 14.2. The summed E-state index contributed by atoms with van der Waals surface area (Å²) in [6.07, 6.45) is 2.80. The summed E-state index contributed by atoms with van der Waals surface area (Å²) in [5.74, 6) is -0.278. The first-order valence-electron chi connectivity index (χ1n) is 4.89. The quantitative estimate of drug-likeness (QED) is 0.839. The predicted octanol–water partition coefficient (Wildman–Crippen LogP) is 3.14. The summed E-state index contributed by atoms with van der Waals surface area (Å²) in [7, 11) is 0. The van der Waals surface area contributed by atoms with E-state index in [1.165, 1.54) is 18.2 Å². The van der Waals surface area contributed by atoms with Gasteiger partial charge in [0.15, 0.2) is 0 Å². The van der Waals surface area contributed by atoms with Crippen molar-refractivity contribution in [3.8, 4) is 5.75 Å². The van der Waals surface area contributed by atoms with Crippen LogP contribution in [0.1, 0.15) is 37.8 Å². The fourth-order valence-electron chi connectivity index (χ4n) is 1.40. The van der Waals surface area contributed by atoms with Crippen LogP contribution in [0.4, 0.5) is 4.39 Å². The molecule has 0 radical (unpaired) electrons. The first-order valence-corrected chi connectivity index (χ1v) is 4.89. The topological polar surface area (TPSA) is 46.2 Å². The first-order chi connectivity index (χ1) is 6.65. The molecule has 0 aliphatic rings. The minimum Gasteiger partial charge on any atom is -0.508 e. The van der Waals surface area contributed by atoms with Crippen LogP contribution in [0.5, 0.6) is 5.75 Å². The average Bonchev–Trinajstić information content (AvgIpc) is 2.18. The molecule has 4 heteroatoms. The molecule has 0 fully saturated rings. The smallest absolute Gasteiger partial charge is 0.123 e. The van der Waals surface area contributed by atoms with E-state index in [4.69, 9.17) is 5.73 Å². The summed E-state index contributed by atoms with van der Waals surface area (Å²) in [4.78, 5) is 0. The molecule has 0 saturated heterocycles. The molecule has 86 valence electrons. The van der Waals surface area contributed by atoms with Crippen molar-refractivity contribution < 1.29 is 9.50 Å². The van der Waals surface area contributed by atoms with Gasteiger partial charge in [-0.25, -0.2) is 4.39 Å². The maximum Gasteiger partial charge on any atom is 0.123 e. The fourth-order valence-corrected chi connectivity index (χ4v) is 1.40. The van der Waals surface area contributed by atoms with Crippen LogP contribution >= 0.6 is 12.4 Å². The molecular formula is C11H17ClFNO. The van der Waals surface area contributed by atoms with Gasteiger partial charge in [0.2, 0.25) is 0 Å². The van der Waals surface area contributed by atoms with Gasteiger partial charge in [-0.1, -0.05) is 19.8 Å². The number of rotatable bonds is 4. The summed E-state index contributed by atoms with van der Waals surface area (Å²) in [6, 6.07) is 3.60. The van der Waals surface area contributed by atoms with Crippen LogP contribution in [0.25, 0.3) is 0 Å². The Kier molecular flexibility index (Phi) is 6.29. The number of phenolic OH excluding ortho intramolecular Hbond substituents is 1. The lowest BCUT2D eigenvalue weighted by Gasteiger charge is -2.12. The second-order valence-corrected chi connectivity index (χ2v) is 3.45. The third kappa shape index (κ3) is 4.06. The molecule has 0 aliphatic heterocycles. The second kappa shape index (κ2) is 6.64. The molecule has 0 heterocycles. The normalized spacial score (nSPS) is 11.9. The van der Waals surface area contributed by atoms with Crippen molar-refractivity contribution in [1.82, 2.24) is 0 Å². The van der Waals surface area contributed by atoms with Gasteiger partial charge in [0.05, 0.1) is 0 Å². The van der Waals surface area contributed by atoms with E-state index < -0.39 is 0 Å². The highest BCUT2D eigenvalue weighted by Gasteiger charge is 2.10. The number of hydrogen-bond acceptors (Lipinski definition) is 2. The molecule has 0 amide bonds. The van der Waals surface area contributed by atoms with Gasteiger partial charge in [-0.05, 0) is 24.6 Å². The Morgan fingerprint density at radius 2 is 2.13 bits per heavy atom. The summed E-state index contributed by atoms with van der Waals surface area (Å²) < 4.78 is 12.9. The predicted molar refractivity (Wildman–Crippen MR) is 61.8 cm³/mol. The molecule has 0 saturated carbocycles. The molecule has 1 aromatic carbocycles. The van der Waals surface area contributed by atoms with Crippen LogP contribution in [0.3, 0.4) is 0 Å². The Bertz CT molecular complexity index is 307. The summed E-state index contributed by atoms with van der Waals surface area (Å²) in [6.45, 7) is 2.07. The van der Waals surface area contributed by atoms with E-state index in [0.29, 0.717) is 5.56 Å². The molecule has 15 heavy (non-hydrogen) atoms. The largest absolute Gasteiger partial charge is 0.508 e. The number of halogens is 2. The molecule has 0 spiro atoms. The number of nitrogens with two attached hydrogens (primary N) is 1. The number of hydrogen-bond donors (Lipinski definition) is 2. The van der Waals surface area contributed by atoms with E-state index in [0.717, 1.165) is 19.3 Å². The van der Waals surface area contributed by atoms with E-state index in [1.807, 2.05) is 0 Å². The zero-order valence-corrected chi connectivity index (χ0v) is 9.56. The second-order valence-electron chi connectivity index (χ2n) is 3.45. The fraction of sp³-hybridized carbons (Fsp3) is 0.455. The van der Waals surface area contributed by atoms with Gasteiger partial charge in [0.25, 0.3) is 0 Å². The van der Waals surface area contributed by atoms with Crippen LogP contribution in [-0.2, 0) is 0 Å². The van der Waals surface area contributed by atoms with Crippen LogP contribution in [0.15, 0.2) is 18.2 Å². The standard InChI is InChI=1S/C11H16FNO.ClH/c1-2-3-4-10(13)9-7-8(12)5-6-11(9)14;/h5-7,10,14H,2-4,13H2,1H3;1H/t10-;/m0./s1. The maximum atomic E-state index is 12.9. The number of unbranched alkanes of at least 4 members (excludes halogenated alkanes) is 1. The number of aromatic hydroxyl groups is 1. The van der Waals surface area contributed by atoms with E-state index in [1.54, 1.807) is 0 Å². The molecule has 0 aromatic heterocycles. The Balaban J connectivity index is 0.00000196. The maximum absolute atomic E-state index is 12.9. The van der Waals surface area contributed by atoms with Crippen LogP contribution in [0, 0.1) is 5.82 Å². The van der Waals surface area contributed by atoms with Crippen LogP contribution in [0.2, 0.25) is 0 Å². The van der Waals surface area contributed by atoms with Crippen molar-refractivity contribution in [2.75, 3.05) is 0 Å². The molecular weight excluding hydrogens is 217 g/mol. The van der Waals surface area contributed by atoms with E-state index in [-0.39, 0.29) is 30.0 Å².